The Hall–Kier alpha value is -2.73. The third kappa shape index (κ3) is 3.39. The summed E-state index contributed by atoms with van der Waals surface area (Å²) in [6, 6.07) is 13.9. The minimum Gasteiger partial charge on any atom is -0.344 e. The monoisotopic (exact) mass is 464 g/mol. The largest absolute Gasteiger partial charge is 0.344 e. The molecule has 0 aliphatic rings. The maximum Gasteiger partial charge on any atom is 0.282 e. The number of halogens is 1. The Morgan fingerprint density at radius 3 is 2.67 bits per heavy atom. The van der Waals surface area contributed by atoms with Crippen molar-refractivity contribution < 1.29 is 0 Å². The Balaban J connectivity index is 1.95. The predicted molar refractivity (Wildman–Crippen MR) is 128 cm³/mol. The lowest BCUT2D eigenvalue weighted by atomic mass is 10.1. The fourth-order valence-electron chi connectivity index (χ4n) is 3.92. The van der Waals surface area contributed by atoms with Gasteiger partial charge in [0.15, 0.2) is 0 Å². The van der Waals surface area contributed by atoms with Gasteiger partial charge in [0.2, 0.25) is 0 Å². The first-order valence-electron chi connectivity index (χ1n) is 10.3. The number of rotatable bonds is 5. The van der Waals surface area contributed by atoms with Crippen LogP contribution in [0.5, 0.6) is 0 Å². The molecule has 0 fully saturated rings. The molecule has 0 aliphatic heterocycles. The minimum atomic E-state index is -0.148. The van der Waals surface area contributed by atoms with E-state index in [9.17, 15) is 4.79 Å². The van der Waals surface area contributed by atoms with Gasteiger partial charge in [-0.15, -0.1) is 0 Å². The maximum absolute atomic E-state index is 13.3. The lowest BCUT2D eigenvalue weighted by Crippen LogP contribution is -2.23. The molecule has 1 atom stereocenters. The number of benzene rings is 2. The van der Waals surface area contributed by atoms with Crippen molar-refractivity contribution >= 4 is 44.0 Å². The molecule has 6 heteroatoms. The Morgan fingerprint density at radius 1 is 1.17 bits per heavy atom. The smallest absolute Gasteiger partial charge is 0.282 e. The van der Waals surface area contributed by atoms with Crippen molar-refractivity contribution in [3.05, 3.63) is 74.4 Å². The van der Waals surface area contributed by atoms with Crippen molar-refractivity contribution in [2.24, 2.45) is 5.10 Å². The van der Waals surface area contributed by atoms with Crippen molar-refractivity contribution in [3.8, 4) is 0 Å². The van der Waals surface area contributed by atoms with Crippen LogP contribution < -0.4 is 5.56 Å². The number of aromatic nitrogens is 3. The fourth-order valence-corrected chi connectivity index (χ4v) is 4.28. The first-order valence-corrected chi connectivity index (χ1v) is 11.1. The summed E-state index contributed by atoms with van der Waals surface area (Å²) in [6.07, 6.45) is 2.68. The van der Waals surface area contributed by atoms with Crippen LogP contribution >= 0.6 is 15.9 Å². The molecule has 0 bridgehead atoms. The van der Waals surface area contributed by atoms with E-state index in [4.69, 9.17) is 4.98 Å². The second-order valence-electron chi connectivity index (χ2n) is 7.56. The lowest BCUT2D eigenvalue weighted by molar-refractivity contribution is 0.613. The Labute approximate surface area is 184 Å². The molecular formula is C24H25BrN4O. The quantitative estimate of drug-likeness (QED) is 0.348. The summed E-state index contributed by atoms with van der Waals surface area (Å²) in [5.74, 6) is 0.798. The molecular weight excluding hydrogens is 440 g/mol. The van der Waals surface area contributed by atoms with Crippen LogP contribution in [0, 0.1) is 6.92 Å². The molecule has 0 radical (unpaired) electrons. The number of hydrogen-bond acceptors (Lipinski definition) is 3. The van der Waals surface area contributed by atoms with Crippen LogP contribution in [0.4, 0.5) is 0 Å². The highest BCUT2D eigenvalue weighted by Crippen LogP contribution is 2.25. The van der Waals surface area contributed by atoms with E-state index < -0.39 is 0 Å². The summed E-state index contributed by atoms with van der Waals surface area (Å²) in [5, 5.41) is 6.36. The van der Waals surface area contributed by atoms with E-state index in [1.54, 1.807) is 0 Å². The normalized spacial score (nSPS) is 13.0. The molecule has 0 saturated heterocycles. The topological polar surface area (TPSA) is 52.2 Å². The van der Waals surface area contributed by atoms with E-state index in [1.807, 2.05) is 36.5 Å². The van der Waals surface area contributed by atoms with Gasteiger partial charge >= 0.3 is 0 Å². The molecule has 4 rings (SSSR count). The molecule has 154 valence electrons. The summed E-state index contributed by atoms with van der Waals surface area (Å²) < 4.78 is 4.59. The van der Waals surface area contributed by atoms with Crippen LogP contribution in [0.15, 0.2) is 56.8 Å². The molecule has 0 amide bonds. The third-order valence-electron chi connectivity index (χ3n) is 5.78. The van der Waals surface area contributed by atoms with Crippen LogP contribution in [0.1, 0.15) is 50.2 Å². The van der Waals surface area contributed by atoms with Gasteiger partial charge in [-0.2, -0.15) is 9.78 Å². The van der Waals surface area contributed by atoms with Gasteiger partial charge in [-0.25, -0.2) is 4.98 Å². The van der Waals surface area contributed by atoms with Gasteiger partial charge in [-0.05, 0) is 44.5 Å². The van der Waals surface area contributed by atoms with Gasteiger partial charge < -0.3 is 4.57 Å². The minimum absolute atomic E-state index is 0.112. The standard InChI is InChI=1S/C24H25BrN4O/c1-5-15(3)23-27-21-12-11-17(25)13-19(21)24(30)29(23)26-14-20-16(4)28(6-2)22-10-8-7-9-18(20)22/h7-15H,5-6H2,1-4H3/t15-/m1/s1. The van der Waals surface area contributed by atoms with Crippen molar-refractivity contribution in [3.63, 3.8) is 0 Å². The average Bonchev–Trinajstić information content (AvgIpc) is 3.03. The average molecular weight is 465 g/mol. The van der Waals surface area contributed by atoms with Crippen LogP contribution in [-0.2, 0) is 6.54 Å². The maximum atomic E-state index is 13.3. The summed E-state index contributed by atoms with van der Waals surface area (Å²) in [4.78, 5) is 18.1. The van der Waals surface area contributed by atoms with Crippen molar-refractivity contribution in [2.45, 2.75) is 46.6 Å². The number of hydrogen-bond donors (Lipinski definition) is 0. The van der Waals surface area contributed by atoms with Gasteiger partial charge in [0.05, 0.1) is 17.1 Å². The summed E-state index contributed by atoms with van der Waals surface area (Å²) in [7, 11) is 0. The first kappa shape index (κ1) is 20.5. The first-order chi connectivity index (χ1) is 14.5. The van der Waals surface area contributed by atoms with Crippen molar-refractivity contribution in [1.29, 1.82) is 0 Å². The molecule has 0 N–H and O–H groups in total. The lowest BCUT2D eigenvalue weighted by Gasteiger charge is -2.14. The molecule has 2 aromatic heterocycles. The molecule has 2 heterocycles. The summed E-state index contributed by atoms with van der Waals surface area (Å²) >= 11 is 3.46. The van der Waals surface area contributed by atoms with Gasteiger partial charge in [0, 0.05) is 39.1 Å². The molecule has 0 saturated carbocycles. The van der Waals surface area contributed by atoms with E-state index in [0.29, 0.717) is 16.7 Å². The number of aryl methyl sites for hydroxylation is 1. The zero-order valence-electron chi connectivity index (χ0n) is 17.7. The van der Waals surface area contributed by atoms with Gasteiger partial charge in [-0.1, -0.05) is 48.0 Å². The van der Waals surface area contributed by atoms with Crippen molar-refractivity contribution in [2.75, 3.05) is 0 Å². The number of nitrogens with zero attached hydrogens (tertiary/aromatic N) is 4. The number of para-hydroxylation sites is 1. The van der Waals surface area contributed by atoms with Crippen LogP contribution in [0.25, 0.3) is 21.8 Å². The summed E-state index contributed by atoms with van der Waals surface area (Å²) in [5.41, 5.74) is 3.89. The SMILES string of the molecule is CC[C@@H](C)c1nc2ccc(Br)cc2c(=O)n1N=Cc1c(C)n(CC)c2ccccc12. The molecule has 30 heavy (non-hydrogen) atoms. The zero-order valence-corrected chi connectivity index (χ0v) is 19.3. The van der Waals surface area contributed by atoms with Gasteiger partial charge in [-0.3, -0.25) is 4.79 Å². The van der Waals surface area contributed by atoms with E-state index in [2.05, 4.69) is 65.4 Å². The van der Waals surface area contributed by atoms with Gasteiger partial charge in [0.1, 0.15) is 5.82 Å². The second-order valence-corrected chi connectivity index (χ2v) is 8.48. The van der Waals surface area contributed by atoms with Gasteiger partial charge in [0.25, 0.3) is 5.56 Å². The third-order valence-corrected chi connectivity index (χ3v) is 6.28. The van der Waals surface area contributed by atoms with Crippen molar-refractivity contribution in [1.82, 2.24) is 14.2 Å². The highest BCUT2D eigenvalue weighted by molar-refractivity contribution is 9.10. The van der Waals surface area contributed by atoms with Crippen LogP contribution in [0.2, 0.25) is 0 Å². The molecule has 0 unspecified atom stereocenters. The highest BCUT2D eigenvalue weighted by Gasteiger charge is 2.16. The Kier molecular flexibility index (Phi) is 5.60. The molecule has 4 aromatic rings. The predicted octanol–water partition coefficient (Wildman–Crippen LogP) is 5.84. The fraction of sp³-hybridized carbons (Fsp3) is 0.292. The molecule has 0 aliphatic carbocycles. The summed E-state index contributed by atoms with van der Waals surface area (Å²) in [6.45, 7) is 9.28. The highest BCUT2D eigenvalue weighted by atomic mass is 79.9. The van der Waals surface area contributed by atoms with E-state index >= 15 is 0 Å². The molecule has 5 nitrogen and oxygen atoms in total. The van der Waals surface area contributed by atoms with E-state index in [1.165, 1.54) is 10.2 Å². The van der Waals surface area contributed by atoms with E-state index in [0.717, 1.165) is 34.1 Å². The number of fused-ring (bicyclic) bond motifs is 2. The Bertz CT molecular complexity index is 1330. The molecule has 0 spiro atoms. The van der Waals surface area contributed by atoms with Crippen LogP contribution in [-0.4, -0.2) is 20.4 Å². The van der Waals surface area contributed by atoms with Crippen LogP contribution in [0.3, 0.4) is 0 Å². The molecule has 2 aromatic carbocycles. The Morgan fingerprint density at radius 2 is 1.93 bits per heavy atom. The second kappa shape index (κ2) is 8.19. The van der Waals surface area contributed by atoms with E-state index in [-0.39, 0.29) is 11.5 Å². The zero-order chi connectivity index (χ0) is 21.4.